The second-order valence-electron chi connectivity index (χ2n) is 11.5. The molecule has 0 spiro atoms. The molecule has 0 aliphatic carbocycles. The summed E-state index contributed by atoms with van der Waals surface area (Å²) >= 11 is 0. The monoisotopic (exact) mass is 523 g/mol. The van der Waals surface area contributed by atoms with E-state index in [1.807, 2.05) is 4.90 Å². The van der Waals surface area contributed by atoms with Crippen molar-refractivity contribution in [3.8, 4) is 5.75 Å². The van der Waals surface area contributed by atoms with Gasteiger partial charge in [0, 0.05) is 25.3 Å². The number of hydrogen-bond donors (Lipinski definition) is 1. The Morgan fingerprint density at radius 3 is 2.51 bits per heavy atom. The van der Waals surface area contributed by atoms with Gasteiger partial charge in [0.25, 0.3) is 0 Å². The highest BCUT2D eigenvalue weighted by Gasteiger charge is 2.50. The number of rotatable bonds is 9. The largest absolute Gasteiger partial charge is 0.497 e. The summed E-state index contributed by atoms with van der Waals surface area (Å²) in [5.41, 5.74) is 2.73. The average molecular weight is 524 g/mol. The Balaban J connectivity index is 1.46. The molecule has 0 unspecified atom stereocenters. The van der Waals surface area contributed by atoms with Gasteiger partial charge in [0.2, 0.25) is 5.91 Å². The van der Waals surface area contributed by atoms with Crippen LogP contribution < -0.4 is 14.8 Å². The second kappa shape index (κ2) is 12.6. The van der Waals surface area contributed by atoms with Gasteiger partial charge in [-0.2, -0.15) is 0 Å². The zero-order chi connectivity index (χ0) is 26.4. The summed E-state index contributed by atoms with van der Waals surface area (Å²) in [7, 11) is -0.176. The van der Waals surface area contributed by atoms with Crippen molar-refractivity contribution >= 4 is 24.9 Å². The Hall–Kier alpha value is -2.15. The topological polar surface area (TPSA) is 59.0 Å². The average Bonchev–Trinajstić information content (AvgIpc) is 3.21. The standard InChI is InChI=1S/C31H45NO4Si/c1-23-28(18-13-24-10-9-11-25(22-24)32-20-8-6-5-7-12-30(32)34)36-29(19-21-33)31(23)37(3,4)27-16-14-26(35-2)15-17-27/h9-11,14-17,22-23,28-29,31,33H,5-8,12-13,18-21H2,1-4H3/t23-,28+,29-,31+/m0/s1. The molecule has 2 saturated heterocycles. The molecule has 37 heavy (non-hydrogen) atoms. The number of benzene rings is 2. The number of anilines is 1. The minimum Gasteiger partial charge on any atom is -0.497 e. The summed E-state index contributed by atoms with van der Waals surface area (Å²) in [6, 6.07) is 17.1. The smallest absolute Gasteiger partial charge is 0.226 e. The number of aryl methyl sites for hydroxylation is 1. The zero-order valence-corrected chi connectivity index (χ0v) is 24.1. The van der Waals surface area contributed by atoms with Crippen LogP contribution in [0.2, 0.25) is 18.6 Å². The van der Waals surface area contributed by atoms with E-state index in [1.54, 1.807) is 7.11 Å². The van der Waals surface area contributed by atoms with Gasteiger partial charge in [0.15, 0.2) is 0 Å². The number of amides is 1. The molecule has 6 heteroatoms. The molecule has 2 fully saturated rings. The van der Waals surface area contributed by atoms with Crippen molar-refractivity contribution in [3.63, 3.8) is 0 Å². The van der Waals surface area contributed by atoms with Gasteiger partial charge in [-0.05, 0) is 73.4 Å². The molecule has 1 amide bonds. The molecule has 0 saturated carbocycles. The van der Waals surface area contributed by atoms with E-state index in [9.17, 15) is 9.90 Å². The third kappa shape index (κ3) is 6.47. The normalized spacial score (nSPS) is 25.1. The Morgan fingerprint density at radius 1 is 1.03 bits per heavy atom. The van der Waals surface area contributed by atoms with E-state index in [1.165, 1.54) is 17.2 Å². The fourth-order valence-corrected chi connectivity index (χ4v) is 10.8. The molecule has 0 bridgehead atoms. The first kappa shape index (κ1) is 27.9. The van der Waals surface area contributed by atoms with Gasteiger partial charge in [-0.25, -0.2) is 0 Å². The van der Waals surface area contributed by atoms with Crippen LogP contribution in [-0.4, -0.2) is 51.6 Å². The quantitative estimate of drug-likeness (QED) is 0.429. The highest BCUT2D eigenvalue weighted by molar-refractivity contribution is 6.91. The molecule has 4 rings (SSSR count). The maximum absolute atomic E-state index is 12.8. The highest BCUT2D eigenvalue weighted by Crippen LogP contribution is 2.46. The van der Waals surface area contributed by atoms with Crippen molar-refractivity contribution in [1.29, 1.82) is 0 Å². The van der Waals surface area contributed by atoms with Crippen molar-refractivity contribution in [1.82, 2.24) is 0 Å². The number of methoxy groups -OCH3 is 1. The zero-order valence-electron chi connectivity index (χ0n) is 23.1. The first-order valence-corrected chi connectivity index (χ1v) is 17.2. The molecule has 2 aliphatic rings. The molecule has 202 valence electrons. The maximum atomic E-state index is 12.8. The van der Waals surface area contributed by atoms with Gasteiger partial charge < -0.3 is 19.5 Å². The van der Waals surface area contributed by atoms with Gasteiger partial charge in [-0.15, -0.1) is 0 Å². The van der Waals surface area contributed by atoms with Crippen LogP contribution in [0.25, 0.3) is 0 Å². The number of carbonyl (C=O) groups excluding carboxylic acids is 1. The van der Waals surface area contributed by atoms with Crippen molar-refractivity contribution < 1.29 is 19.4 Å². The number of nitrogens with zero attached hydrogens (tertiary/aromatic N) is 1. The Morgan fingerprint density at radius 2 is 1.78 bits per heavy atom. The van der Waals surface area contributed by atoms with E-state index < -0.39 is 8.07 Å². The third-order valence-corrected chi connectivity index (χ3v) is 13.1. The summed E-state index contributed by atoms with van der Waals surface area (Å²) < 4.78 is 12.1. The molecular weight excluding hydrogens is 478 g/mol. The molecular formula is C31H45NO4Si. The van der Waals surface area contributed by atoms with Gasteiger partial charge in [0.1, 0.15) is 5.75 Å². The lowest BCUT2D eigenvalue weighted by molar-refractivity contribution is -0.118. The predicted octanol–water partition coefficient (Wildman–Crippen LogP) is 5.70. The Bertz CT molecular complexity index is 1020. The van der Waals surface area contributed by atoms with Gasteiger partial charge in [-0.3, -0.25) is 4.79 Å². The van der Waals surface area contributed by atoms with Gasteiger partial charge >= 0.3 is 0 Å². The van der Waals surface area contributed by atoms with E-state index >= 15 is 0 Å². The molecule has 0 aromatic heterocycles. The number of hydrogen-bond acceptors (Lipinski definition) is 4. The molecule has 5 nitrogen and oxygen atoms in total. The summed E-state index contributed by atoms with van der Waals surface area (Å²) in [4.78, 5) is 14.7. The first-order valence-electron chi connectivity index (χ1n) is 14.1. The van der Waals surface area contributed by atoms with Crippen LogP contribution in [0.1, 0.15) is 57.4 Å². The summed E-state index contributed by atoms with van der Waals surface area (Å²) in [6.07, 6.45) is 7.89. The van der Waals surface area contributed by atoms with Crippen molar-refractivity contribution in [2.24, 2.45) is 5.92 Å². The minimum atomic E-state index is -1.88. The van der Waals surface area contributed by atoms with E-state index in [0.717, 1.165) is 50.1 Å². The SMILES string of the molecule is COc1ccc([Si](C)(C)[C@@H]2[C@@H](C)[C@@H](CCc3cccc(N4CCCCCCC4=O)c3)O[C@H]2CCO)cc1. The summed E-state index contributed by atoms with van der Waals surface area (Å²) in [6.45, 7) is 8.20. The molecule has 0 radical (unpaired) electrons. The predicted molar refractivity (Wildman–Crippen MR) is 154 cm³/mol. The molecule has 2 heterocycles. The third-order valence-electron chi connectivity index (χ3n) is 8.75. The number of aliphatic hydroxyl groups is 1. The van der Waals surface area contributed by atoms with E-state index in [-0.39, 0.29) is 24.7 Å². The Labute approximate surface area is 224 Å². The van der Waals surface area contributed by atoms with Crippen molar-refractivity contribution in [2.75, 3.05) is 25.2 Å². The molecule has 1 N–H and O–H groups in total. The van der Waals surface area contributed by atoms with Crippen molar-refractivity contribution in [3.05, 3.63) is 54.1 Å². The lowest BCUT2D eigenvalue weighted by Gasteiger charge is -2.36. The molecule has 2 aromatic rings. The molecule has 2 aromatic carbocycles. The fraction of sp³-hybridized carbons (Fsp3) is 0.581. The first-order chi connectivity index (χ1) is 17.8. The van der Waals surface area contributed by atoms with Crippen LogP contribution >= 0.6 is 0 Å². The van der Waals surface area contributed by atoms with Crippen LogP contribution in [0.15, 0.2) is 48.5 Å². The maximum Gasteiger partial charge on any atom is 0.226 e. The van der Waals surface area contributed by atoms with Crippen molar-refractivity contribution in [2.45, 2.75) is 89.1 Å². The lowest BCUT2D eigenvalue weighted by atomic mass is 9.95. The van der Waals surface area contributed by atoms with Crippen LogP contribution in [0.4, 0.5) is 5.69 Å². The second-order valence-corrected chi connectivity index (χ2v) is 16.2. The number of carbonyl (C=O) groups is 1. The number of aliphatic hydroxyl groups excluding tert-OH is 1. The Kier molecular flexibility index (Phi) is 9.49. The van der Waals surface area contributed by atoms with Gasteiger partial charge in [-0.1, -0.05) is 62.3 Å². The van der Waals surface area contributed by atoms with Gasteiger partial charge in [0.05, 0.1) is 27.4 Å². The van der Waals surface area contributed by atoms with E-state index in [0.29, 0.717) is 24.3 Å². The summed E-state index contributed by atoms with van der Waals surface area (Å²) in [5, 5.41) is 11.2. The van der Waals surface area contributed by atoms with Crippen LogP contribution in [0, 0.1) is 5.92 Å². The minimum absolute atomic E-state index is 0.0822. The fourth-order valence-electron chi connectivity index (χ4n) is 6.66. The van der Waals surface area contributed by atoms with E-state index in [2.05, 4.69) is 68.5 Å². The van der Waals surface area contributed by atoms with Crippen LogP contribution in [0.3, 0.4) is 0 Å². The van der Waals surface area contributed by atoms with Crippen LogP contribution in [0.5, 0.6) is 5.75 Å². The lowest BCUT2D eigenvalue weighted by Crippen LogP contribution is -2.50. The summed E-state index contributed by atoms with van der Waals surface area (Å²) in [5.74, 6) is 1.55. The highest BCUT2D eigenvalue weighted by atomic mass is 28.3. The van der Waals surface area contributed by atoms with Crippen LogP contribution in [-0.2, 0) is 16.0 Å². The number of ether oxygens (including phenoxy) is 2. The molecule has 4 atom stereocenters. The molecule has 2 aliphatic heterocycles. The van der Waals surface area contributed by atoms with E-state index in [4.69, 9.17) is 9.47 Å².